The number of benzene rings is 1. The van der Waals surface area contributed by atoms with Gasteiger partial charge >= 0.3 is 6.09 Å². The van der Waals surface area contributed by atoms with Gasteiger partial charge in [0.15, 0.2) is 11.6 Å². The summed E-state index contributed by atoms with van der Waals surface area (Å²) in [4.78, 5) is 15.3. The average Bonchev–Trinajstić information content (AvgIpc) is 2.47. The number of halogens is 3. The molecule has 0 saturated heterocycles. The van der Waals surface area contributed by atoms with E-state index < -0.39 is 11.9 Å². The molecule has 2 aromatic rings. The summed E-state index contributed by atoms with van der Waals surface area (Å²) in [6.07, 6.45) is 0.484. The van der Waals surface area contributed by atoms with Crippen molar-refractivity contribution in [3.8, 4) is 0 Å². The maximum atomic E-state index is 13.8. The van der Waals surface area contributed by atoms with Gasteiger partial charge in [-0.05, 0) is 28.2 Å². The van der Waals surface area contributed by atoms with Gasteiger partial charge in [-0.25, -0.2) is 14.2 Å². The van der Waals surface area contributed by atoms with Crippen LogP contribution >= 0.6 is 34.2 Å². The fourth-order valence-electron chi connectivity index (χ4n) is 1.39. The average molecular weight is 407 g/mol. The smallest absolute Gasteiger partial charge is 0.413 e. The normalized spacial score (nSPS) is 10.2. The standard InChI is InChI=1S/C13H9ClFIN2O2/c14-9-6-17-12(10(15)11(9)16)18-13(19)20-7-8-4-2-1-3-5-8/h1-6H,7H2,(H,17,18,19). The highest BCUT2D eigenvalue weighted by molar-refractivity contribution is 14.1. The van der Waals surface area contributed by atoms with Gasteiger partial charge < -0.3 is 4.74 Å². The van der Waals surface area contributed by atoms with Crippen molar-refractivity contribution in [2.24, 2.45) is 0 Å². The lowest BCUT2D eigenvalue weighted by atomic mass is 10.2. The number of ether oxygens (including phenoxy) is 1. The highest BCUT2D eigenvalue weighted by Crippen LogP contribution is 2.24. The molecule has 104 valence electrons. The van der Waals surface area contributed by atoms with Gasteiger partial charge in [-0.1, -0.05) is 41.9 Å². The molecule has 0 bridgehead atoms. The van der Waals surface area contributed by atoms with E-state index in [9.17, 15) is 9.18 Å². The molecule has 0 aliphatic heterocycles. The number of aromatic nitrogens is 1. The van der Waals surface area contributed by atoms with Crippen LogP contribution in [-0.2, 0) is 11.3 Å². The Balaban J connectivity index is 1.97. The van der Waals surface area contributed by atoms with Crippen molar-refractivity contribution in [3.63, 3.8) is 0 Å². The molecule has 0 aliphatic carbocycles. The van der Waals surface area contributed by atoms with Crippen LogP contribution in [0.5, 0.6) is 0 Å². The van der Waals surface area contributed by atoms with Crippen LogP contribution in [0.1, 0.15) is 5.56 Å². The predicted molar refractivity (Wildman–Crippen MR) is 82.2 cm³/mol. The van der Waals surface area contributed by atoms with Crippen molar-refractivity contribution in [2.75, 3.05) is 5.32 Å². The molecule has 0 fully saturated rings. The zero-order chi connectivity index (χ0) is 14.5. The summed E-state index contributed by atoms with van der Waals surface area (Å²) >= 11 is 7.44. The summed E-state index contributed by atoms with van der Waals surface area (Å²) in [5.41, 5.74) is 0.835. The van der Waals surface area contributed by atoms with Crippen molar-refractivity contribution < 1.29 is 13.9 Å². The lowest BCUT2D eigenvalue weighted by Crippen LogP contribution is -2.16. The fourth-order valence-corrected chi connectivity index (χ4v) is 1.91. The molecule has 0 spiro atoms. The van der Waals surface area contributed by atoms with Crippen LogP contribution in [0, 0.1) is 9.39 Å². The van der Waals surface area contributed by atoms with E-state index in [4.69, 9.17) is 16.3 Å². The second kappa shape index (κ2) is 6.85. The van der Waals surface area contributed by atoms with E-state index in [0.717, 1.165) is 5.56 Å². The summed E-state index contributed by atoms with van der Waals surface area (Å²) in [6, 6.07) is 9.16. The highest BCUT2D eigenvalue weighted by Gasteiger charge is 2.14. The number of anilines is 1. The van der Waals surface area contributed by atoms with E-state index in [1.165, 1.54) is 6.20 Å². The van der Waals surface area contributed by atoms with Crippen LogP contribution in [0.25, 0.3) is 0 Å². The Morgan fingerprint density at radius 2 is 2.10 bits per heavy atom. The molecule has 0 unspecified atom stereocenters. The van der Waals surface area contributed by atoms with Crippen LogP contribution < -0.4 is 5.32 Å². The largest absolute Gasteiger partial charge is 0.444 e. The second-order valence-electron chi connectivity index (χ2n) is 3.77. The third-order valence-electron chi connectivity index (χ3n) is 2.35. The number of nitrogens with one attached hydrogen (secondary N) is 1. The van der Waals surface area contributed by atoms with E-state index in [2.05, 4.69) is 10.3 Å². The topological polar surface area (TPSA) is 51.2 Å². The van der Waals surface area contributed by atoms with E-state index in [1.54, 1.807) is 22.6 Å². The van der Waals surface area contributed by atoms with Gasteiger partial charge in [-0.2, -0.15) is 0 Å². The second-order valence-corrected chi connectivity index (χ2v) is 5.26. The molecule has 4 nitrogen and oxygen atoms in total. The molecule has 1 aromatic heterocycles. The Kier molecular flexibility index (Phi) is 5.13. The fraction of sp³-hybridized carbons (Fsp3) is 0.0769. The van der Waals surface area contributed by atoms with Crippen LogP contribution in [-0.4, -0.2) is 11.1 Å². The van der Waals surface area contributed by atoms with Gasteiger partial charge in [0, 0.05) is 6.20 Å². The third-order valence-corrected chi connectivity index (χ3v) is 4.01. The first kappa shape index (κ1) is 15.0. The molecule has 1 aromatic carbocycles. The summed E-state index contributed by atoms with van der Waals surface area (Å²) < 4.78 is 18.9. The number of carbonyl (C=O) groups excluding carboxylic acids is 1. The quantitative estimate of drug-likeness (QED) is 0.776. The Labute approximate surface area is 133 Å². The number of amides is 1. The van der Waals surface area contributed by atoms with E-state index in [0.29, 0.717) is 0 Å². The molecule has 1 N–H and O–H groups in total. The number of rotatable bonds is 3. The zero-order valence-electron chi connectivity index (χ0n) is 10.1. The molecule has 2 rings (SSSR count). The van der Waals surface area contributed by atoms with Gasteiger partial charge in [-0.3, -0.25) is 5.32 Å². The van der Waals surface area contributed by atoms with Gasteiger partial charge in [0.25, 0.3) is 0 Å². The van der Waals surface area contributed by atoms with E-state index in [-0.39, 0.29) is 21.0 Å². The van der Waals surface area contributed by atoms with Crippen LogP contribution in [0.2, 0.25) is 5.02 Å². The maximum Gasteiger partial charge on any atom is 0.413 e. The Hall–Kier alpha value is -1.41. The first-order chi connectivity index (χ1) is 9.58. The number of nitrogens with zero attached hydrogens (tertiary/aromatic N) is 1. The molecular formula is C13H9ClFIN2O2. The molecule has 0 saturated carbocycles. The van der Waals surface area contributed by atoms with Crippen molar-refractivity contribution in [3.05, 3.63) is 56.5 Å². The number of carbonyl (C=O) groups is 1. The van der Waals surface area contributed by atoms with Crippen molar-refractivity contribution >= 4 is 46.1 Å². The van der Waals surface area contributed by atoms with E-state index >= 15 is 0 Å². The molecule has 0 radical (unpaired) electrons. The van der Waals surface area contributed by atoms with Gasteiger partial charge in [0.2, 0.25) is 0 Å². The minimum Gasteiger partial charge on any atom is -0.444 e. The molecule has 0 aliphatic rings. The summed E-state index contributed by atoms with van der Waals surface area (Å²) in [5, 5.41) is 2.42. The predicted octanol–water partition coefficient (Wildman–Crippen LogP) is 4.23. The molecule has 20 heavy (non-hydrogen) atoms. The lowest BCUT2D eigenvalue weighted by Gasteiger charge is -2.08. The number of hydrogen-bond acceptors (Lipinski definition) is 3. The molecule has 1 amide bonds. The Morgan fingerprint density at radius 3 is 2.80 bits per heavy atom. The van der Waals surface area contributed by atoms with Crippen molar-refractivity contribution in [1.82, 2.24) is 4.98 Å². The molecule has 1 heterocycles. The third kappa shape index (κ3) is 3.80. The Bertz CT molecular complexity index is 625. The maximum absolute atomic E-state index is 13.8. The zero-order valence-corrected chi connectivity index (χ0v) is 13.0. The van der Waals surface area contributed by atoms with E-state index in [1.807, 2.05) is 30.3 Å². The SMILES string of the molecule is O=C(Nc1ncc(Cl)c(I)c1F)OCc1ccccc1. The van der Waals surface area contributed by atoms with Crippen molar-refractivity contribution in [1.29, 1.82) is 0 Å². The summed E-state index contributed by atoms with van der Waals surface area (Å²) in [7, 11) is 0. The first-order valence-electron chi connectivity index (χ1n) is 5.55. The monoisotopic (exact) mass is 406 g/mol. The van der Waals surface area contributed by atoms with Gasteiger partial charge in [-0.15, -0.1) is 0 Å². The first-order valence-corrected chi connectivity index (χ1v) is 7.01. The van der Waals surface area contributed by atoms with Crippen LogP contribution in [0.4, 0.5) is 15.0 Å². The number of hydrogen-bond donors (Lipinski definition) is 1. The minimum atomic E-state index is -0.779. The Morgan fingerprint density at radius 1 is 1.40 bits per heavy atom. The number of pyridine rings is 1. The molecular weight excluding hydrogens is 398 g/mol. The summed E-state index contributed by atoms with van der Waals surface area (Å²) in [5.74, 6) is -0.897. The van der Waals surface area contributed by atoms with Crippen LogP contribution in [0.3, 0.4) is 0 Å². The van der Waals surface area contributed by atoms with Gasteiger partial charge in [0.1, 0.15) is 6.61 Å². The highest BCUT2D eigenvalue weighted by atomic mass is 127. The summed E-state index contributed by atoms with van der Waals surface area (Å²) in [6.45, 7) is 0.0962. The molecule has 7 heteroatoms. The van der Waals surface area contributed by atoms with Gasteiger partial charge in [0.05, 0.1) is 8.59 Å². The van der Waals surface area contributed by atoms with Crippen molar-refractivity contribution in [2.45, 2.75) is 6.61 Å². The lowest BCUT2D eigenvalue weighted by molar-refractivity contribution is 0.155. The minimum absolute atomic E-state index is 0.0962. The molecule has 0 atom stereocenters. The van der Waals surface area contributed by atoms with Crippen LogP contribution in [0.15, 0.2) is 36.5 Å².